The van der Waals surface area contributed by atoms with Gasteiger partial charge in [-0.1, -0.05) is 82.6 Å². The Morgan fingerprint density at radius 2 is 1.78 bits per heavy atom. The van der Waals surface area contributed by atoms with E-state index in [-0.39, 0.29) is 23.8 Å². The minimum atomic E-state index is -0.519. The lowest BCUT2D eigenvalue weighted by molar-refractivity contribution is -0.146. The molecule has 0 radical (unpaired) electrons. The van der Waals surface area contributed by atoms with E-state index in [1.54, 1.807) is 13.0 Å². The third-order valence-electron chi connectivity index (χ3n) is 4.18. The standard InChI is InChI=1S/C22H32ClNO3/c1-7-27-20(25)17(13-16-11-9-8-10-12-16)14-18(23)19(15(2)3)24-21(26)22(4,5)6/h8-12,14-15,17,19H,7,13H2,1-6H3,(H,24,26)/b18-14-/t17-,19+/m1/s1. The normalized spacial score (nSPS) is 14.6. The summed E-state index contributed by atoms with van der Waals surface area (Å²) < 4.78 is 5.22. The van der Waals surface area contributed by atoms with Crippen LogP contribution >= 0.6 is 11.6 Å². The van der Waals surface area contributed by atoms with E-state index in [1.807, 2.05) is 65.0 Å². The van der Waals surface area contributed by atoms with Gasteiger partial charge in [0.15, 0.2) is 0 Å². The van der Waals surface area contributed by atoms with Crippen LogP contribution in [-0.4, -0.2) is 24.5 Å². The highest BCUT2D eigenvalue weighted by atomic mass is 35.5. The summed E-state index contributed by atoms with van der Waals surface area (Å²) >= 11 is 6.58. The third kappa shape index (κ3) is 7.76. The van der Waals surface area contributed by atoms with E-state index >= 15 is 0 Å². The first-order chi connectivity index (χ1) is 12.6. The number of esters is 1. The molecule has 1 aromatic rings. The zero-order valence-corrected chi connectivity index (χ0v) is 18.0. The molecule has 0 aliphatic carbocycles. The van der Waals surface area contributed by atoms with Crippen molar-refractivity contribution < 1.29 is 14.3 Å². The smallest absolute Gasteiger partial charge is 0.313 e. The second-order valence-corrected chi connectivity index (χ2v) is 8.48. The Hall–Kier alpha value is -1.81. The average Bonchev–Trinajstić information content (AvgIpc) is 2.58. The highest BCUT2D eigenvalue weighted by Crippen LogP contribution is 2.23. The highest BCUT2D eigenvalue weighted by Gasteiger charge is 2.28. The zero-order valence-electron chi connectivity index (χ0n) is 17.2. The monoisotopic (exact) mass is 393 g/mol. The Morgan fingerprint density at radius 3 is 2.26 bits per heavy atom. The maximum absolute atomic E-state index is 12.4. The van der Waals surface area contributed by atoms with E-state index in [9.17, 15) is 9.59 Å². The molecule has 0 aliphatic rings. The number of hydrogen-bond donors (Lipinski definition) is 1. The molecular formula is C22H32ClNO3. The van der Waals surface area contributed by atoms with E-state index in [0.717, 1.165) is 5.56 Å². The van der Waals surface area contributed by atoms with Crippen LogP contribution in [0.1, 0.15) is 47.1 Å². The summed E-state index contributed by atoms with van der Waals surface area (Å²) in [6.07, 6.45) is 2.22. The van der Waals surface area contributed by atoms with Gasteiger partial charge < -0.3 is 10.1 Å². The van der Waals surface area contributed by atoms with Crippen LogP contribution < -0.4 is 5.32 Å². The van der Waals surface area contributed by atoms with E-state index < -0.39 is 11.3 Å². The molecule has 1 aromatic carbocycles. The fourth-order valence-corrected chi connectivity index (χ4v) is 2.99. The SMILES string of the molecule is CCOC(=O)[C@@H](/C=C(\Cl)[C@@H](NC(=O)C(C)(C)C)C(C)C)Cc1ccccc1. The summed E-state index contributed by atoms with van der Waals surface area (Å²) in [4.78, 5) is 24.9. The fourth-order valence-electron chi connectivity index (χ4n) is 2.54. The number of carbonyl (C=O) groups excluding carboxylic acids is 2. The van der Waals surface area contributed by atoms with Gasteiger partial charge in [0.05, 0.1) is 18.6 Å². The minimum absolute atomic E-state index is 0.0801. The lowest BCUT2D eigenvalue weighted by atomic mass is 9.92. The molecule has 150 valence electrons. The summed E-state index contributed by atoms with van der Waals surface area (Å²) in [7, 11) is 0. The van der Waals surface area contributed by atoms with E-state index in [4.69, 9.17) is 16.3 Å². The number of ether oxygens (including phenoxy) is 1. The van der Waals surface area contributed by atoms with Crippen molar-refractivity contribution in [3.05, 3.63) is 47.0 Å². The number of halogens is 1. The number of nitrogens with one attached hydrogen (secondary N) is 1. The van der Waals surface area contributed by atoms with Crippen molar-refractivity contribution in [2.45, 2.75) is 54.0 Å². The maximum atomic E-state index is 12.4. The van der Waals surface area contributed by atoms with Gasteiger partial charge in [0.2, 0.25) is 5.91 Å². The molecule has 1 N–H and O–H groups in total. The van der Waals surface area contributed by atoms with Gasteiger partial charge in [-0.05, 0) is 24.8 Å². The van der Waals surface area contributed by atoms with Gasteiger partial charge in [-0.15, -0.1) is 0 Å². The Labute approximate surface area is 168 Å². The van der Waals surface area contributed by atoms with Crippen LogP contribution in [0.4, 0.5) is 0 Å². The molecule has 1 rings (SSSR count). The lowest BCUT2D eigenvalue weighted by Gasteiger charge is -2.27. The lowest BCUT2D eigenvalue weighted by Crippen LogP contribution is -2.44. The number of amides is 1. The van der Waals surface area contributed by atoms with Crippen molar-refractivity contribution in [3.8, 4) is 0 Å². The molecule has 4 nitrogen and oxygen atoms in total. The molecule has 2 atom stereocenters. The van der Waals surface area contributed by atoms with E-state index in [0.29, 0.717) is 18.1 Å². The maximum Gasteiger partial charge on any atom is 0.313 e. The molecule has 0 heterocycles. The molecule has 0 aromatic heterocycles. The van der Waals surface area contributed by atoms with Crippen LogP contribution in [0.25, 0.3) is 0 Å². The quantitative estimate of drug-likeness (QED) is 0.650. The minimum Gasteiger partial charge on any atom is -0.466 e. The molecule has 5 heteroatoms. The molecule has 0 spiro atoms. The molecule has 0 fully saturated rings. The van der Waals surface area contributed by atoms with Crippen LogP contribution in [0, 0.1) is 17.3 Å². The Bertz CT molecular complexity index is 647. The van der Waals surface area contributed by atoms with Gasteiger partial charge in [-0.3, -0.25) is 9.59 Å². The molecule has 1 amide bonds. The van der Waals surface area contributed by atoms with Crippen molar-refractivity contribution in [2.24, 2.45) is 17.3 Å². The predicted octanol–water partition coefficient (Wildman–Crippen LogP) is 4.72. The van der Waals surface area contributed by atoms with Gasteiger partial charge >= 0.3 is 5.97 Å². The predicted molar refractivity (Wildman–Crippen MR) is 110 cm³/mol. The van der Waals surface area contributed by atoms with Crippen LogP contribution in [0.15, 0.2) is 41.4 Å². The van der Waals surface area contributed by atoms with Crippen molar-refractivity contribution in [3.63, 3.8) is 0 Å². The summed E-state index contributed by atoms with van der Waals surface area (Å²) in [5.41, 5.74) is 0.505. The first-order valence-electron chi connectivity index (χ1n) is 9.45. The van der Waals surface area contributed by atoms with Crippen LogP contribution in [-0.2, 0) is 20.7 Å². The number of hydrogen-bond acceptors (Lipinski definition) is 3. The van der Waals surface area contributed by atoms with Crippen molar-refractivity contribution in [1.29, 1.82) is 0 Å². The second kappa shape index (κ2) is 10.5. The third-order valence-corrected chi connectivity index (χ3v) is 4.54. The molecule has 0 saturated carbocycles. The van der Waals surface area contributed by atoms with Gasteiger partial charge in [-0.25, -0.2) is 0 Å². The molecule has 0 aliphatic heterocycles. The number of benzene rings is 1. The summed E-state index contributed by atoms with van der Waals surface area (Å²) in [6, 6.07) is 9.38. The summed E-state index contributed by atoms with van der Waals surface area (Å²) in [6.45, 7) is 11.6. The Morgan fingerprint density at radius 1 is 1.19 bits per heavy atom. The van der Waals surface area contributed by atoms with E-state index in [1.165, 1.54) is 0 Å². The highest BCUT2D eigenvalue weighted by molar-refractivity contribution is 6.30. The van der Waals surface area contributed by atoms with Gasteiger partial charge in [0, 0.05) is 10.4 Å². The average molecular weight is 394 g/mol. The first kappa shape index (κ1) is 23.2. The topological polar surface area (TPSA) is 55.4 Å². The van der Waals surface area contributed by atoms with Crippen molar-refractivity contribution in [2.75, 3.05) is 6.61 Å². The van der Waals surface area contributed by atoms with Crippen LogP contribution in [0.5, 0.6) is 0 Å². The zero-order chi connectivity index (χ0) is 20.6. The second-order valence-electron chi connectivity index (χ2n) is 8.04. The summed E-state index contributed by atoms with van der Waals surface area (Å²) in [5, 5.41) is 3.46. The Kier molecular flexibility index (Phi) is 9.04. The number of rotatable bonds is 8. The van der Waals surface area contributed by atoms with Crippen LogP contribution in [0.2, 0.25) is 0 Å². The molecule has 0 saturated heterocycles. The van der Waals surface area contributed by atoms with Crippen molar-refractivity contribution >= 4 is 23.5 Å². The number of carbonyl (C=O) groups is 2. The van der Waals surface area contributed by atoms with Gasteiger partial charge in [0.25, 0.3) is 0 Å². The molecular weight excluding hydrogens is 362 g/mol. The molecule has 27 heavy (non-hydrogen) atoms. The van der Waals surface area contributed by atoms with Crippen molar-refractivity contribution in [1.82, 2.24) is 5.32 Å². The molecule has 0 unspecified atom stereocenters. The van der Waals surface area contributed by atoms with E-state index in [2.05, 4.69) is 5.32 Å². The molecule has 0 bridgehead atoms. The fraction of sp³-hybridized carbons (Fsp3) is 0.545. The first-order valence-corrected chi connectivity index (χ1v) is 9.82. The largest absolute Gasteiger partial charge is 0.466 e. The Balaban J connectivity index is 3.09. The van der Waals surface area contributed by atoms with Gasteiger partial charge in [-0.2, -0.15) is 0 Å². The van der Waals surface area contributed by atoms with Gasteiger partial charge in [0.1, 0.15) is 0 Å². The van der Waals surface area contributed by atoms with Crippen LogP contribution in [0.3, 0.4) is 0 Å². The summed E-state index contributed by atoms with van der Waals surface area (Å²) in [5.74, 6) is -0.820.